The number of rotatable bonds is 4. The number of alkyl halides is 3. The van der Waals surface area contributed by atoms with Crippen molar-refractivity contribution in [2.75, 3.05) is 13.6 Å². The van der Waals surface area contributed by atoms with Crippen molar-refractivity contribution in [1.29, 1.82) is 0 Å². The third-order valence-electron chi connectivity index (χ3n) is 2.62. The molecule has 0 aliphatic heterocycles. The van der Waals surface area contributed by atoms with Gasteiger partial charge in [0.25, 0.3) is 0 Å². The molecule has 1 rings (SSSR count). The summed E-state index contributed by atoms with van der Waals surface area (Å²) in [6.07, 6.45) is -3.56. The highest BCUT2D eigenvalue weighted by atomic mass is 19.4. The lowest BCUT2D eigenvalue weighted by atomic mass is 9.93. The fourth-order valence-electron chi connectivity index (χ4n) is 1.70. The maximum Gasteiger partial charge on any atom is 0.416 e. The van der Waals surface area contributed by atoms with Gasteiger partial charge in [-0.3, -0.25) is 0 Å². The topological polar surface area (TPSA) is 12.0 Å². The van der Waals surface area contributed by atoms with Gasteiger partial charge < -0.3 is 5.32 Å². The zero-order valence-electron chi connectivity index (χ0n) is 9.43. The Morgan fingerprint density at radius 1 is 1.25 bits per heavy atom. The van der Waals surface area contributed by atoms with Crippen LogP contribution in [0.25, 0.3) is 0 Å². The van der Waals surface area contributed by atoms with Crippen LogP contribution in [-0.2, 0) is 6.18 Å². The molecule has 0 aliphatic carbocycles. The number of hydrogen-bond donors (Lipinski definition) is 1. The molecule has 0 saturated heterocycles. The predicted molar refractivity (Wildman–Crippen MR) is 58.4 cm³/mol. The summed E-state index contributed by atoms with van der Waals surface area (Å²) in [6.45, 7) is 2.54. The summed E-state index contributed by atoms with van der Waals surface area (Å²) in [5.74, 6) is -0.0923. The number of nitrogens with one attached hydrogen (secondary N) is 1. The van der Waals surface area contributed by atoms with E-state index < -0.39 is 11.7 Å². The minimum absolute atomic E-state index is 0.0923. The molecule has 1 N–H and O–H groups in total. The highest BCUT2D eigenvalue weighted by molar-refractivity contribution is 5.32. The fourth-order valence-corrected chi connectivity index (χ4v) is 1.70. The van der Waals surface area contributed by atoms with E-state index in [1.807, 2.05) is 6.92 Å². The molecule has 4 heteroatoms. The summed E-state index contributed by atoms with van der Waals surface area (Å²) >= 11 is 0. The third-order valence-corrected chi connectivity index (χ3v) is 2.62. The SMILES string of the molecule is CNCCC(C)c1ccccc1C(F)(F)F. The Morgan fingerprint density at radius 2 is 1.88 bits per heavy atom. The maximum atomic E-state index is 12.7. The second-order valence-electron chi connectivity index (χ2n) is 3.88. The normalized spacial score (nSPS) is 13.8. The Bertz CT molecular complexity index is 333. The highest BCUT2D eigenvalue weighted by Gasteiger charge is 2.33. The monoisotopic (exact) mass is 231 g/mol. The Hall–Kier alpha value is -1.03. The minimum atomic E-state index is -4.26. The first-order valence-electron chi connectivity index (χ1n) is 5.27. The van der Waals surface area contributed by atoms with Gasteiger partial charge in [-0.2, -0.15) is 13.2 Å². The van der Waals surface area contributed by atoms with E-state index in [-0.39, 0.29) is 5.92 Å². The first-order chi connectivity index (χ1) is 7.46. The van der Waals surface area contributed by atoms with Gasteiger partial charge in [0, 0.05) is 0 Å². The summed E-state index contributed by atoms with van der Waals surface area (Å²) in [7, 11) is 1.79. The lowest BCUT2D eigenvalue weighted by molar-refractivity contribution is -0.138. The molecule has 90 valence electrons. The molecule has 0 fully saturated rings. The van der Waals surface area contributed by atoms with E-state index in [2.05, 4.69) is 5.32 Å². The Labute approximate surface area is 93.7 Å². The molecule has 0 spiro atoms. The van der Waals surface area contributed by atoms with Gasteiger partial charge >= 0.3 is 6.18 Å². The van der Waals surface area contributed by atoms with Gasteiger partial charge in [0.05, 0.1) is 5.56 Å². The van der Waals surface area contributed by atoms with Crippen LogP contribution in [-0.4, -0.2) is 13.6 Å². The van der Waals surface area contributed by atoms with Crippen molar-refractivity contribution < 1.29 is 13.2 Å². The van der Waals surface area contributed by atoms with Crippen LogP contribution in [0, 0.1) is 0 Å². The van der Waals surface area contributed by atoms with Crippen LogP contribution < -0.4 is 5.32 Å². The van der Waals surface area contributed by atoms with Crippen molar-refractivity contribution in [3.63, 3.8) is 0 Å². The Balaban J connectivity index is 2.94. The zero-order chi connectivity index (χ0) is 12.2. The van der Waals surface area contributed by atoms with E-state index in [1.165, 1.54) is 6.07 Å². The second kappa shape index (κ2) is 5.34. The minimum Gasteiger partial charge on any atom is -0.320 e. The molecule has 1 unspecified atom stereocenters. The van der Waals surface area contributed by atoms with Crippen molar-refractivity contribution in [3.05, 3.63) is 35.4 Å². The lowest BCUT2D eigenvalue weighted by Gasteiger charge is -2.18. The van der Waals surface area contributed by atoms with E-state index in [4.69, 9.17) is 0 Å². The van der Waals surface area contributed by atoms with E-state index in [9.17, 15) is 13.2 Å². The zero-order valence-corrected chi connectivity index (χ0v) is 9.43. The molecule has 16 heavy (non-hydrogen) atoms. The van der Waals surface area contributed by atoms with Gasteiger partial charge in [-0.1, -0.05) is 25.1 Å². The summed E-state index contributed by atoms with van der Waals surface area (Å²) < 4.78 is 38.1. The Kier molecular flexibility index (Phi) is 4.35. The van der Waals surface area contributed by atoms with Gasteiger partial charge in [0.15, 0.2) is 0 Å². The van der Waals surface area contributed by atoms with Crippen LogP contribution in [0.1, 0.15) is 30.4 Å². The summed E-state index contributed by atoms with van der Waals surface area (Å²) in [4.78, 5) is 0. The van der Waals surface area contributed by atoms with E-state index >= 15 is 0 Å². The van der Waals surface area contributed by atoms with Crippen LogP contribution in [0.15, 0.2) is 24.3 Å². The number of halogens is 3. The molecule has 0 bridgehead atoms. The van der Waals surface area contributed by atoms with Crippen LogP contribution >= 0.6 is 0 Å². The Morgan fingerprint density at radius 3 is 2.44 bits per heavy atom. The molecular formula is C12H16F3N. The van der Waals surface area contributed by atoms with Crippen molar-refractivity contribution in [1.82, 2.24) is 5.32 Å². The fraction of sp³-hybridized carbons (Fsp3) is 0.500. The molecule has 1 nitrogen and oxygen atoms in total. The third kappa shape index (κ3) is 3.23. The van der Waals surface area contributed by atoms with E-state index in [0.29, 0.717) is 18.5 Å². The molecule has 0 heterocycles. The van der Waals surface area contributed by atoms with Gasteiger partial charge in [0.2, 0.25) is 0 Å². The van der Waals surface area contributed by atoms with E-state index in [1.54, 1.807) is 19.2 Å². The number of hydrogen-bond acceptors (Lipinski definition) is 1. The average Bonchev–Trinajstić information content (AvgIpc) is 2.24. The summed E-state index contributed by atoms with van der Waals surface area (Å²) in [5, 5.41) is 2.95. The predicted octanol–water partition coefficient (Wildman–Crippen LogP) is 3.42. The number of benzene rings is 1. The highest BCUT2D eigenvalue weighted by Crippen LogP contribution is 2.35. The van der Waals surface area contributed by atoms with Gasteiger partial charge in [-0.25, -0.2) is 0 Å². The second-order valence-corrected chi connectivity index (χ2v) is 3.88. The van der Waals surface area contributed by atoms with Crippen LogP contribution in [0.3, 0.4) is 0 Å². The van der Waals surface area contributed by atoms with Gasteiger partial charge in [-0.05, 0) is 37.6 Å². The van der Waals surface area contributed by atoms with Crippen LogP contribution in [0.2, 0.25) is 0 Å². The first kappa shape index (κ1) is 13.0. The molecule has 1 atom stereocenters. The molecule has 1 aromatic rings. The molecule has 0 amide bonds. The van der Waals surface area contributed by atoms with Crippen molar-refractivity contribution in [3.8, 4) is 0 Å². The quantitative estimate of drug-likeness (QED) is 0.837. The maximum absolute atomic E-state index is 12.7. The van der Waals surface area contributed by atoms with Crippen LogP contribution in [0.4, 0.5) is 13.2 Å². The van der Waals surface area contributed by atoms with Crippen LogP contribution in [0.5, 0.6) is 0 Å². The van der Waals surface area contributed by atoms with Gasteiger partial charge in [-0.15, -0.1) is 0 Å². The van der Waals surface area contributed by atoms with Crippen molar-refractivity contribution in [2.45, 2.75) is 25.4 Å². The smallest absolute Gasteiger partial charge is 0.320 e. The molecule has 0 aliphatic rings. The first-order valence-corrected chi connectivity index (χ1v) is 5.27. The molecule has 1 aromatic carbocycles. The molecule has 0 aromatic heterocycles. The van der Waals surface area contributed by atoms with E-state index in [0.717, 1.165) is 6.07 Å². The largest absolute Gasteiger partial charge is 0.416 e. The summed E-state index contributed by atoms with van der Waals surface area (Å²) in [6, 6.07) is 5.78. The van der Waals surface area contributed by atoms with Crippen molar-refractivity contribution >= 4 is 0 Å². The molecular weight excluding hydrogens is 215 g/mol. The summed E-state index contributed by atoms with van der Waals surface area (Å²) in [5.41, 5.74) is -0.135. The molecule has 0 radical (unpaired) electrons. The average molecular weight is 231 g/mol. The standard InChI is InChI=1S/C12H16F3N/c1-9(7-8-16-2)10-5-3-4-6-11(10)12(13,14)15/h3-6,9,16H,7-8H2,1-2H3. The lowest BCUT2D eigenvalue weighted by Crippen LogP contribution is -2.14. The van der Waals surface area contributed by atoms with Gasteiger partial charge in [0.1, 0.15) is 0 Å². The van der Waals surface area contributed by atoms with Crippen molar-refractivity contribution in [2.24, 2.45) is 0 Å². The molecule has 0 saturated carbocycles.